The van der Waals surface area contributed by atoms with E-state index in [-0.39, 0.29) is 5.91 Å². The number of hydrogen-bond acceptors (Lipinski definition) is 3. The zero-order chi connectivity index (χ0) is 22.8. The summed E-state index contributed by atoms with van der Waals surface area (Å²) in [4.78, 5) is 23.8. The number of benzene rings is 2. The molecule has 0 radical (unpaired) electrons. The molecule has 0 spiro atoms. The van der Waals surface area contributed by atoms with Gasteiger partial charge in [0, 0.05) is 29.1 Å². The summed E-state index contributed by atoms with van der Waals surface area (Å²) < 4.78 is 0. The predicted molar refractivity (Wildman–Crippen MR) is 129 cm³/mol. The molecule has 0 aliphatic rings. The van der Waals surface area contributed by atoms with Crippen LogP contribution in [0.1, 0.15) is 47.8 Å². The molecule has 0 aliphatic heterocycles. The lowest BCUT2D eigenvalue weighted by Crippen LogP contribution is -2.16. The summed E-state index contributed by atoms with van der Waals surface area (Å²) in [6.45, 7) is 2.05. The van der Waals surface area contributed by atoms with Crippen molar-refractivity contribution in [1.82, 2.24) is 15.5 Å². The molecular formula is C26H28N4O2. The number of H-pyrrole nitrogens is 1. The Morgan fingerprint density at radius 3 is 2.72 bits per heavy atom. The number of carbonyl (C=O) groups is 2. The largest absolute Gasteiger partial charge is 0.366 e. The number of carbonyl (C=O) groups excluding carboxylic acids is 2. The lowest BCUT2D eigenvalue weighted by atomic mass is 10.0. The summed E-state index contributed by atoms with van der Waals surface area (Å²) in [6, 6.07) is 15.3. The molecule has 0 saturated carbocycles. The number of nitrogens with zero attached hydrogens (tertiary/aromatic N) is 1. The highest BCUT2D eigenvalue weighted by atomic mass is 16.1. The van der Waals surface area contributed by atoms with E-state index in [1.807, 2.05) is 42.5 Å². The van der Waals surface area contributed by atoms with E-state index >= 15 is 0 Å². The predicted octanol–water partition coefficient (Wildman–Crippen LogP) is 4.66. The first-order chi connectivity index (χ1) is 15.6. The Morgan fingerprint density at radius 1 is 1.16 bits per heavy atom. The summed E-state index contributed by atoms with van der Waals surface area (Å²) in [6.07, 6.45) is 12.3. The molecule has 0 saturated heterocycles. The fraction of sp³-hybridized carbons (Fsp3) is 0.192. The van der Waals surface area contributed by atoms with Gasteiger partial charge in [0.05, 0.1) is 11.2 Å². The van der Waals surface area contributed by atoms with E-state index in [0.29, 0.717) is 17.7 Å². The van der Waals surface area contributed by atoms with Crippen molar-refractivity contribution in [2.75, 3.05) is 0 Å². The summed E-state index contributed by atoms with van der Waals surface area (Å²) in [5.41, 5.74) is 9.35. The molecule has 6 nitrogen and oxygen atoms in total. The highest BCUT2D eigenvalue weighted by molar-refractivity contribution is 6.00. The Bertz CT molecular complexity index is 1160. The van der Waals surface area contributed by atoms with Crippen molar-refractivity contribution in [3.8, 4) is 0 Å². The molecule has 32 heavy (non-hydrogen) atoms. The average Bonchev–Trinajstić information content (AvgIpc) is 3.22. The summed E-state index contributed by atoms with van der Waals surface area (Å²) in [5, 5.41) is 11.0. The van der Waals surface area contributed by atoms with Gasteiger partial charge in [0.15, 0.2) is 0 Å². The van der Waals surface area contributed by atoms with Crippen molar-refractivity contribution in [2.24, 2.45) is 5.73 Å². The van der Waals surface area contributed by atoms with Gasteiger partial charge >= 0.3 is 0 Å². The molecule has 1 aromatic heterocycles. The van der Waals surface area contributed by atoms with E-state index in [9.17, 15) is 9.59 Å². The zero-order valence-corrected chi connectivity index (χ0v) is 18.2. The molecule has 1 heterocycles. The maximum atomic E-state index is 12.2. The number of nitrogens with one attached hydrogen (secondary N) is 2. The Morgan fingerprint density at radius 2 is 1.97 bits per heavy atom. The fourth-order valence-corrected chi connectivity index (χ4v) is 3.30. The SMILES string of the molecule is CC\C=C/C=C(\C=C\NC(=O)CCCc1ccccc1)c1n[nH]c2ccc(C(N)=O)cc12. The summed E-state index contributed by atoms with van der Waals surface area (Å²) in [5.74, 6) is -0.530. The van der Waals surface area contributed by atoms with Crippen LogP contribution in [0.15, 0.2) is 79.0 Å². The van der Waals surface area contributed by atoms with Crippen molar-refractivity contribution < 1.29 is 9.59 Å². The van der Waals surface area contributed by atoms with E-state index in [2.05, 4.69) is 34.6 Å². The molecule has 6 heteroatoms. The average molecular weight is 429 g/mol. The minimum absolute atomic E-state index is 0.0384. The number of aromatic nitrogens is 2. The Kier molecular flexibility index (Phi) is 8.15. The molecular weight excluding hydrogens is 400 g/mol. The molecule has 0 aliphatic carbocycles. The minimum atomic E-state index is -0.492. The molecule has 4 N–H and O–H groups in total. The van der Waals surface area contributed by atoms with Crippen LogP contribution in [0, 0.1) is 0 Å². The van der Waals surface area contributed by atoms with E-state index in [0.717, 1.165) is 35.7 Å². The van der Waals surface area contributed by atoms with E-state index < -0.39 is 5.91 Å². The van der Waals surface area contributed by atoms with Crippen molar-refractivity contribution in [1.29, 1.82) is 0 Å². The van der Waals surface area contributed by atoms with Crippen LogP contribution >= 0.6 is 0 Å². The van der Waals surface area contributed by atoms with Gasteiger partial charge < -0.3 is 11.1 Å². The monoisotopic (exact) mass is 428 g/mol. The zero-order valence-electron chi connectivity index (χ0n) is 18.2. The molecule has 2 amide bonds. The highest BCUT2D eigenvalue weighted by Gasteiger charge is 2.11. The third kappa shape index (κ3) is 6.28. The number of fused-ring (bicyclic) bond motifs is 1. The van der Waals surface area contributed by atoms with Crippen LogP contribution in [0.25, 0.3) is 16.5 Å². The first-order valence-electron chi connectivity index (χ1n) is 10.7. The van der Waals surface area contributed by atoms with Crippen LogP contribution in [-0.4, -0.2) is 22.0 Å². The Hall–Kier alpha value is -3.93. The van der Waals surface area contributed by atoms with Gasteiger partial charge in [-0.1, -0.05) is 55.5 Å². The van der Waals surface area contributed by atoms with Gasteiger partial charge in [-0.2, -0.15) is 5.10 Å². The van der Waals surface area contributed by atoms with Crippen LogP contribution in [0.5, 0.6) is 0 Å². The smallest absolute Gasteiger partial charge is 0.248 e. The Labute approximate surface area is 187 Å². The number of amides is 2. The van der Waals surface area contributed by atoms with Gasteiger partial charge in [-0.25, -0.2) is 0 Å². The van der Waals surface area contributed by atoms with Gasteiger partial charge in [0.1, 0.15) is 0 Å². The van der Waals surface area contributed by atoms with Crippen molar-refractivity contribution in [3.05, 3.63) is 95.9 Å². The third-order valence-corrected chi connectivity index (χ3v) is 4.99. The van der Waals surface area contributed by atoms with Crippen LogP contribution < -0.4 is 11.1 Å². The second kappa shape index (κ2) is 11.5. The molecule has 3 rings (SSSR count). The van der Waals surface area contributed by atoms with Gasteiger partial charge in [-0.05, 0) is 49.1 Å². The third-order valence-electron chi connectivity index (χ3n) is 4.99. The maximum absolute atomic E-state index is 12.2. The minimum Gasteiger partial charge on any atom is -0.366 e. The van der Waals surface area contributed by atoms with Crippen molar-refractivity contribution >= 4 is 28.3 Å². The molecule has 3 aromatic rings. The van der Waals surface area contributed by atoms with Crippen molar-refractivity contribution in [3.63, 3.8) is 0 Å². The lowest BCUT2D eigenvalue weighted by Gasteiger charge is -2.03. The molecule has 0 unspecified atom stereocenters. The second-order valence-corrected chi connectivity index (χ2v) is 7.40. The van der Waals surface area contributed by atoms with Crippen LogP contribution in [0.3, 0.4) is 0 Å². The topological polar surface area (TPSA) is 101 Å². The van der Waals surface area contributed by atoms with E-state index in [1.54, 1.807) is 24.4 Å². The summed E-state index contributed by atoms with van der Waals surface area (Å²) in [7, 11) is 0. The first kappa shape index (κ1) is 22.7. The maximum Gasteiger partial charge on any atom is 0.248 e. The quantitative estimate of drug-likeness (QED) is 0.409. The number of aromatic amines is 1. The fourth-order valence-electron chi connectivity index (χ4n) is 3.30. The summed E-state index contributed by atoms with van der Waals surface area (Å²) >= 11 is 0. The van der Waals surface area contributed by atoms with Gasteiger partial charge in [-0.15, -0.1) is 0 Å². The number of aryl methyl sites for hydroxylation is 1. The number of primary amides is 1. The van der Waals surface area contributed by atoms with Crippen molar-refractivity contribution in [2.45, 2.75) is 32.6 Å². The van der Waals surface area contributed by atoms with Crippen LogP contribution in [-0.2, 0) is 11.2 Å². The highest BCUT2D eigenvalue weighted by Crippen LogP contribution is 2.25. The Balaban J connectivity index is 1.70. The molecule has 2 aromatic carbocycles. The number of hydrogen-bond donors (Lipinski definition) is 3. The second-order valence-electron chi connectivity index (χ2n) is 7.40. The van der Waals surface area contributed by atoms with Gasteiger partial charge in [0.25, 0.3) is 0 Å². The number of allylic oxidation sites excluding steroid dienone is 5. The lowest BCUT2D eigenvalue weighted by molar-refractivity contribution is -0.120. The van der Waals surface area contributed by atoms with E-state index in [1.165, 1.54) is 5.56 Å². The first-order valence-corrected chi connectivity index (χ1v) is 10.7. The molecule has 0 atom stereocenters. The van der Waals surface area contributed by atoms with Gasteiger partial charge in [-0.3, -0.25) is 14.7 Å². The standard InChI is InChI=1S/C26H28N4O2/c1-2-3-5-12-20(25-22-18-21(26(27)32)14-15-23(22)29-30-25)16-17-28-24(31)13-8-11-19-9-6-4-7-10-19/h3-7,9-10,12,14-18H,2,8,11,13H2,1H3,(H2,27,32)(H,28,31)(H,29,30)/b5-3-,17-16+,20-12+. The number of rotatable bonds is 10. The number of nitrogens with two attached hydrogens (primary N) is 1. The van der Waals surface area contributed by atoms with E-state index in [4.69, 9.17) is 5.73 Å². The normalized spacial score (nSPS) is 12.1. The molecule has 164 valence electrons. The molecule has 0 bridgehead atoms. The van der Waals surface area contributed by atoms with Gasteiger partial charge in [0.2, 0.25) is 11.8 Å². The van der Waals surface area contributed by atoms with Crippen LogP contribution in [0.2, 0.25) is 0 Å². The molecule has 0 fully saturated rings. The van der Waals surface area contributed by atoms with Crippen LogP contribution in [0.4, 0.5) is 0 Å².